The van der Waals surface area contributed by atoms with Crippen LogP contribution in [-0.4, -0.2) is 34.8 Å². The summed E-state index contributed by atoms with van der Waals surface area (Å²) >= 11 is 1.41. The van der Waals surface area contributed by atoms with E-state index in [9.17, 15) is 14.4 Å². The fourth-order valence-electron chi connectivity index (χ4n) is 1.73. The van der Waals surface area contributed by atoms with Gasteiger partial charge < -0.3 is 10.2 Å². The Morgan fingerprint density at radius 2 is 2.00 bits per heavy atom. The molecule has 5 nitrogen and oxygen atoms in total. The average Bonchev–Trinajstić information content (AvgIpc) is 2.41. The van der Waals surface area contributed by atoms with Crippen LogP contribution in [0.2, 0.25) is 0 Å². The number of carbonyl (C=O) groups excluding carboxylic acids is 3. The summed E-state index contributed by atoms with van der Waals surface area (Å²) < 4.78 is 0. The smallest absolute Gasteiger partial charge is 0.237 e. The van der Waals surface area contributed by atoms with Crippen molar-refractivity contribution in [3.8, 4) is 0 Å². The van der Waals surface area contributed by atoms with E-state index in [0.29, 0.717) is 17.0 Å². The molecule has 1 N–H and O–H groups in total. The standard InChI is InChI=1S/C14H14N2O3S/c1-10(17)15-12-4-2-11(3-5-12)13(18)8-16-6-7-20-9-14(16)19/h2-7H,8-9H2,1H3,(H,15,17). The number of amides is 2. The van der Waals surface area contributed by atoms with Gasteiger partial charge in [0, 0.05) is 24.4 Å². The van der Waals surface area contributed by atoms with Crippen LogP contribution in [0.3, 0.4) is 0 Å². The summed E-state index contributed by atoms with van der Waals surface area (Å²) in [7, 11) is 0. The molecule has 0 saturated carbocycles. The Kier molecular flexibility index (Phi) is 4.57. The molecule has 20 heavy (non-hydrogen) atoms. The number of anilines is 1. The topological polar surface area (TPSA) is 66.5 Å². The summed E-state index contributed by atoms with van der Waals surface area (Å²) in [5.74, 6) is 0.00115. The van der Waals surface area contributed by atoms with E-state index in [1.165, 1.54) is 23.6 Å². The molecule has 0 aromatic heterocycles. The number of rotatable bonds is 4. The lowest BCUT2D eigenvalue weighted by atomic mass is 10.1. The molecule has 0 spiro atoms. The zero-order chi connectivity index (χ0) is 14.5. The number of hydrogen-bond acceptors (Lipinski definition) is 4. The Morgan fingerprint density at radius 1 is 1.30 bits per heavy atom. The maximum Gasteiger partial charge on any atom is 0.237 e. The minimum atomic E-state index is -0.161. The molecule has 0 radical (unpaired) electrons. The van der Waals surface area contributed by atoms with E-state index in [0.717, 1.165) is 0 Å². The van der Waals surface area contributed by atoms with Gasteiger partial charge in [-0.1, -0.05) is 0 Å². The molecule has 2 rings (SSSR count). The first-order chi connectivity index (χ1) is 9.56. The molecule has 0 atom stereocenters. The Bertz CT molecular complexity index is 566. The van der Waals surface area contributed by atoms with Gasteiger partial charge in [0.25, 0.3) is 0 Å². The van der Waals surface area contributed by atoms with E-state index in [1.54, 1.807) is 35.9 Å². The van der Waals surface area contributed by atoms with Crippen LogP contribution in [0.25, 0.3) is 0 Å². The highest BCUT2D eigenvalue weighted by molar-refractivity contribution is 8.02. The zero-order valence-electron chi connectivity index (χ0n) is 11.0. The van der Waals surface area contributed by atoms with E-state index in [4.69, 9.17) is 0 Å². The summed E-state index contributed by atoms with van der Waals surface area (Å²) in [4.78, 5) is 36.0. The molecule has 1 aromatic carbocycles. The molecule has 0 aliphatic carbocycles. The van der Waals surface area contributed by atoms with Crippen molar-refractivity contribution in [3.63, 3.8) is 0 Å². The van der Waals surface area contributed by atoms with Crippen molar-refractivity contribution in [2.45, 2.75) is 6.92 Å². The fraction of sp³-hybridized carbons (Fsp3) is 0.214. The van der Waals surface area contributed by atoms with Crippen LogP contribution in [0.1, 0.15) is 17.3 Å². The summed E-state index contributed by atoms with van der Waals surface area (Å²) in [6.07, 6.45) is 1.63. The highest BCUT2D eigenvalue weighted by Gasteiger charge is 2.18. The van der Waals surface area contributed by atoms with Crippen molar-refractivity contribution in [2.75, 3.05) is 17.6 Å². The first-order valence-corrected chi connectivity index (χ1v) is 7.10. The number of nitrogens with one attached hydrogen (secondary N) is 1. The second-order valence-corrected chi connectivity index (χ2v) is 5.19. The maximum absolute atomic E-state index is 12.1. The molecule has 2 amide bonds. The number of carbonyl (C=O) groups is 3. The molecular formula is C14H14N2O3S. The molecule has 0 saturated heterocycles. The molecule has 1 aliphatic rings. The van der Waals surface area contributed by atoms with E-state index >= 15 is 0 Å². The minimum Gasteiger partial charge on any atom is -0.326 e. The lowest BCUT2D eigenvalue weighted by Crippen LogP contribution is -2.33. The molecular weight excluding hydrogens is 276 g/mol. The van der Waals surface area contributed by atoms with E-state index in [2.05, 4.69) is 5.32 Å². The van der Waals surface area contributed by atoms with Crippen molar-refractivity contribution in [2.24, 2.45) is 0 Å². The van der Waals surface area contributed by atoms with Gasteiger partial charge in [-0.15, -0.1) is 11.8 Å². The van der Waals surface area contributed by atoms with Gasteiger partial charge in [0.2, 0.25) is 11.8 Å². The Balaban J connectivity index is 2.02. The molecule has 104 valence electrons. The van der Waals surface area contributed by atoms with Crippen molar-refractivity contribution in [3.05, 3.63) is 41.4 Å². The van der Waals surface area contributed by atoms with E-state index < -0.39 is 0 Å². The Labute approximate surface area is 121 Å². The van der Waals surface area contributed by atoms with Crippen molar-refractivity contribution >= 4 is 35.0 Å². The van der Waals surface area contributed by atoms with Crippen molar-refractivity contribution in [1.82, 2.24) is 4.90 Å². The number of benzene rings is 1. The van der Waals surface area contributed by atoms with Crippen molar-refractivity contribution < 1.29 is 14.4 Å². The van der Waals surface area contributed by atoms with E-state index in [1.807, 2.05) is 0 Å². The maximum atomic E-state index is 12.1. The van der Waals surface area contributed by atoms with E-state index in [-0.39, 0.29) is 24.1 Å². The number of ketones is 1. The summed E-state index contributed by atoms with van der Waals surface area (Å²) in [6, 6.07) is 6.61. The van der Waals surface area contributed by atoms with Gasteiger partial charge in [0.1, 0.15) is 0 Å². The van der Waals surface area contributed by atoms with Gasteiger partial charge in [0.05, 0.1) is 12.3 Å². The third kappa shape index (κ3) is 3.71. The van der Waals surface area contributed by atoms with Crippen LogP contribution < -0.4 is 5.32 Å². The predicted octanol–water partition coefficient (Wildman–Crippen LogP) is 1.87. The third-order valence-corrected chi connectivity index (χ3v) is 3.43. The van der Waals surface area contributed by atoms with Gasteiger partial charge in [-0.3, -0.25) is 14.4 Å². The molecule has 1 aliphatic heterocycles. The molecule has 1 heterocycles. The van der Waals surface area contributed by atoms with Gasteiger partial charge in [-0.05, 0) is 29.7 Å². The number of thioether (sulfide) groups is 1. The van der Waals surface area contributed by atoms with Crippen LogP contribution >= 0.6 is 11.8 Å². The summed E-state index contributed by atoms with van der Waals surface area (Å²) in [5.41, 5.74) is 1.15. The summed E-state index contributed by atoms with van der Waals surface area (Å²) in [6.45, 7) is 1.46. The fourth-order valence-corrected chi connectivity index (χ4v) is 2.37. The third-order valence-electron chi connectivity index (χ3n) is 2.71. The first-order valence-electron chi connectivity index (χ1n) is 6.05. The van der Waals surface area contributed by atoms with Crippen molar-refractivity contribution in [1.29, 1.82) is 0 Å². The van der Waals surface area contributed by atoms with Crippen LogP contribution in [0.4, 0.5) is 5.69 Å². The van der Waals surface area contributed by atoms with Crippen LogP contribution in [0.15, 0.2) is 35.9 Å². The molecule has 0 bridgehead atoms. The second-order valence-electron chi connectivity index (χ2n) is 4.30. The number of nitrogens with zero attached hydrogens (tertiary/aromatic N) is 1. The quantitative estimate of drug-likeness (QED) is 0.860. The zero-order valence-corrected chi connectivity index (χ0v) is 11.8. The van der Waals surface area contributed by atoms with Crippen LogP contribution in [-0.2, 0) is 9.59 Å². The number of hydrogen-bond donors (Lipinski definition) is 1. The minimum absolute atomic E-state index is 0.0371. The van der Waals surface area contributed by atoms with Crippen LogP contribution in [0, 0.1) is 0 Å². The SMILES string of the molecule is CC(=O)Nc1ccc(C(=O)CN2C=CSCC2=O)cc1. The monoisotopic (exact) mass is 290 g/mol. The highest BCUT2D eigenvalue weighted by atomic mass is 32.2. The Morgan fingerprint density at radius 3 is 2.60 bits per heavy atom. The largest absolute Gasteiger partial charge is 0.326 e. The average molecular weight is 290 g/mol. The first kappa shape index (κ1) is 14.3. The molecule has 0 unspecified atom stereocenters. The Hall–Kier alpha value is -2.08. The normalized spacial score (nSPS) is 14.2. The molecule has 1 aromatic rings. The van der Waals surface area contributed by atoms with Gasteiger partial charge in [-0.25, -0.2) is 0 Å². The predicted molar refractivity (Wildman–Crippen MR) is 78.4 cm³/mol. The summed E-state index contributed by atoms with van der Waals surface area (Å²) in [5, 5.41) is 4.43. The van der Waals surface area contributed by atoms with Gasteiger partial charge >= 0.3 is 0 Å². The molecule has 6 heteroatoms. The number of Topliss-reactive ketones (excluding diaryl/α,β-unsaturated/α-hetero) is 1. The van der Waals surface area contributed by atoms with Gasteiger partial charge in [0.15, 0.2) is 5.78 Å². The molecule has 0 fully saturated rings. The lowest BCUT2D eigenvalue weighted by molar-refractivity contribution is -0.125. The van der Waals surface area contributed by atoms with Crippen LogP contribution in [0.5, 0.6) is 0 Å². The lowest BCUT2D eigenvalue weighted by Gasteiger charge is -2.20. The van der Waals surface area contributed by atoms with Gasteiger partial charge in [-0.2, -0.15) is 0 Å². The highest BCUT2D eigenvalue weighted by Crippen LogP contribution is 2.14. The second kappa shape index (κ2) is 6.38.